The molecule has 0 bridgehead atoms. The van der Waals surface area contributed by atoms with E-state index in [0.717, 1.165) is 29.5 Å². The first-order valence-electron chi connectivity index (χ1n) is 6.14. The Hall–Kier alpha value is -1.90. The van der Waals surface area contributed by atoms with Gasteiger partial charge >= 0.3 is 5.97 Å². The van der Waals surface area contributed by atoms with Crippen LogP contribution < -0.4 is 0 Å². The molecule has 2 rings (SSSR count). The fourth-order valence-electron chi connectivity index (χ4n) is 2.12. The highest BCUT2D eigenvalue weighted by atomic mass is 16.4. The molecule has 18 heavy (non-hydrogen) atoms. The van der Waals surface area contributed by atoms with Gasteiger partial charge in [0.2, 0.25) is 0 Å². The standard InChI is InChI=1S/C15H16O3/c1-10(15(17)18)12-7-5-11(6-8-12)9-13-3-2-4-14(13)16/h5-10H,2-4H2,1H3,(H,17,18). The molecule has 3 heteroatoms. The van der Waals surface area contributed by atoms with Crippen molar-refractivity contribution < 1.29 is 14.7 Å². The summed E-state index contributed by atoms with van der Waals surface area (Å²) in [5.74, 6) is -1.09. The Bertz CT molecular complexity index is 497. The minimum absolute atomic E-state index is 0.234. The zero-order chi connectivity index (χ0) is 13.1. The van der Waals surface area contributed by atoms with Gasteiger partial charge in [0.05, 0.1) is 5.92 Å². The van der Waals surface area contributed by atoms with E-state index in [2.05, 4.69) is 0 Å². The fraction of sp³-hybridized carbons (Fsp3) is 0.333. The maximum absolute atomic E-state index is 11.5. The largest absolute Gasteiger partial charge is 0.481 e. The van der Waals surface area contributed by atoms with Crippen LogP contribution in [0.25, 0.3) is 6.08 Å². The zero-order valence-electron chi connectivity index (χ0n) is 10.3. The maximum Gasteiger partial charge on any atom is 0.310 e. The summed E-state index contributed by atoms with van der Waals surface area (Å²) in [7, 11) is 0. The van der Waals surface area contributed by atoms with Gasteiger partial charge in [-0.1, -0.05) is 24.3 Å². The molecule has 1 aromatic carbocycles. The normalized spacial score (nSPS) is 19.2. The summed E-state index contributed by atoms with van der Waals surface area (Å²) in [5.41, 5.74) is 2.62. The van der Waals surface area contributed by atoms with Gasteiger partial charge in [0, 0.05) is 6.42 Å². The number of rotatable bonds is 3. The predicted octanol–water partition coefficient (Wildman–Crippen LogP) is 3.01. The number of hydrogen-bond acceptors (Lipinski definition) is 2. The molecule has 0 radical (unpaired) electrons. The van der Waals surface area contributed by atoms with Crippen molar-refractivity contribution in [2.24, 2.45) is 0 Å². The third-order valence-corrected chi connectivity index (χ3v) is 3.36. The van der Waals surface area contributed by atoms with E-state index in [9.17, 15) is 9.59 Å². The number of allylic oxidation sites excluding steroid dienone is 1. The second-order valence-electron chi connectivity index (χ2n) is 4.67. The third-order valence-electron chi connectivity index (χ3n) is 3.36. The Morgan fingerprint density at radius 3 is 2.44 bits per heavy atom. The molecule has 1 aromatic rings. The van der Waals surface area contributed by atoms with Gasteiger partial charge in [-0.2, -0.15) is 0 Å². The second kappa shape index (κ2) is 5.17. The van der Waals surface area contributed by atoms with Crippen molar-refractivity contribution in [3.63, 3.8) is 0 Å². The van der Waals surface area contributed by atoms with Crippen molar-refractivity contribution in [3.8, 4) is 0 Å². The Balaban J connectivity index is 2.18. The first-order chi connectivity index (χ1) is 8.58. The molecular formula is C15H16O3. The van der Waals surface area contributed by atoms with E-state index in [1.54, 1.807) is 6.92 Å². The summed E-state index contributed by atoms with van der Waals surface area (Å²) in [6.07, 6.45) is 4.36. The van der Waals surface area contributed by atoms with Crippen molar-refractivity contribution in [2.45, 2.75) is 32.1 Å². The number of hydrogen-bond donors (Lipinski definition) is 1. The molecule has 3 nitrogen and oxygen atoms in total. The quantitative estimate of drug-likeness (QED) is 0.831. The van der Waals surface area contributed by atoms with Gasteiger partial charge in [0.15, 0.2) is 5.78 Å². The first-order valence-corrected chi connectivity index (χ1v) is 6.14. The number of Topliss-reactive ketones (excluding diaryl/α,β-unsaturated/α-hetero) is 1. The van der Waals surface area contributed by atoms with E-state index >= 15 is 0 Å². The highest BCUT2D eigenvalue weighted by molar-refractivity contribution is 6.01. The molecule has 0 amide bonds. The van der Waals surface area contributed by atoms with E-state index in [1.807, 2.05) is 30.3 Å². The zero-order valence-corrected chi connectivity index (χ0v) is 10.3. The molecule has 0 saturated heterocycles. The number of carboxylic acid groups (broad SMARTS) is 1. The summed E-state index contributed by atoms with van der Waals surface area (Å²) >= 11 is 0. The van der Waals surface area contributed by atoms with E-state index in [1.165, 1.54) is 0 Å². The van der Waals surface area contributed by atoms with E-state index in [-0.39, 0.29) is 5.78 Å². The average molecular weight is 244 g/mol. The van der Waals surface area contributed by atoms with Crippen LogP contribution >= 0.6 is 0 Å². The lowest BCUT2D eigenvalue weighted by atomic mass is 9.99. The van der Waals surface area contributed by atoms with Crippen LogP contribution in [0.5, 0.6) is 0 Å². The predicted molar refractivity (Wildman–Crippen MR) is 69.3 cm³/mol. The van der Waals surface area contributed by atoms with E-state index in [0.29, 0.717) is 6.42 Å². The molecule has 0 aliphatic heterocycles. The summed E-state index contributed by atoms with van der Waals surface area (Å²) in [4.78, 5) is 22.3. The fourth-order valence-corrected chi connectivity index (χ4v) is 2.12. The van der Waals surface area contributed by atoms with Crippen LogP contribution in [0.1, 0.15) is 43.2 Å². The molecule has 1 aliphatic rings. The van der Waals surface area contributed by atoms with Crippen LogP contribution in [0.4, 0.5) is 0 Å². The monoisotopic (exact) mass is 244 g/mol. The lowest BCUT2D eigenvalue weighted by Gasteiger charge is -2.06. The van der Waals surface area contributed by atoms with Gasteiger partial charge in [0.25, 0.3) is 0 Å². The lowest BCUT2D eigenvalue weighted by molar-refractivity contribution is -0.138. The molecular weight excluding hydrogens is 228 g/mol. The minimum Gasteiger partial charge on any atom is -0.481 e. The summed E-state index contributed by atoms with van der Waals surface area (Å²) in [6.45, 7) is 1.66. The number of ketones is 1. The average Bonchev–Trinajstić information content (AvgIpc) is 2.75. The van der Waals surface area contributed by atoms with Gasteiger partial charge in [-0.25, -0.2) is 0 Å². The smallest absolute Gasteiger partial charge is 0.310 e. The molecule has 0 heterocycles. The van der Waals surface area contributed by atoms with Crippen LogP contribution in [-0.4, -0.2) is 16.9 Å². The summed E-state index contributed by atoms with van der Waals surface area (Å²) in [5, 5.41) is 8.91. The first kappa shape index (κ1) is 12.6. The summed E-state index contributed by atoms with van der Waals surface area (Å²) < 4.78 is 0. The Kier molecular flexibility index (Phi) is 3.60. The third kappa shape index (κ3) is 2.67. The van der Waals surface area contributed by atoms with Crippen LogP contribution in [0.15, 0.2) is 29.8 Å². The number of aliphatic carboxylic acids is 1. The molecule has 94 valence electrons. The van der Waals surface area contributed by atoms with E-state index < -0.39 is 11.9 Å². The molecule has 0 spiro atoms. The number of benzene rings is 1. The van der Waals surface area contributed by atoms with Crippen LogP contribution in [0, 0.1) is 0 Å². The Morgan fingerprint density at radius 2 is 1.94 bits per heavy atom. The molecule has 1 saturated carbocycles. The topological polar surface area (TPSA) is 54.4 Å². The molecule has 1 N–H and O–H groups in total. The Morgan fingerprint density at radius 1 is 1.28 bits per heavy atom. The Labute approximate surface area is 106 Å². The number of carboxylic acids is 1. The SMILES string of the molecule is CC(C(=O)O)c1ccc(C=C2CCCC2=O)cc1. The van der Waals surface area contributed by atoms with Crippen molar-refractivity contribution in [1.82, 2.24) is 0 Å². The van der Waals surface area contributed by atoms with Gasteiger partial charge < -0.3 is 5.11 Å². The van der Waals surface area contributed by atoms with Gasteiger partial charge in [-0.05, 0) is 42.5 Å². The number of carbonyl (C=O) groups excluding carboxylic acids is 1. The van der Waals surface area contributed by atoms with Crippen molar-refractivity contribution in [2.75, 3.05) is 0 Å². The molecule has 1 fully saturated rings. The molecule has 1 atom stereocenters. The minimum atomic E-state index is -0.827. The van der Waals surface area contributed by atoms with Crippen molar-refractivity contribution in [1.29, 1.82) is 0 Å². The number of carbonyl (C=O) groups is 2. The van der Waals surface area contributed by atoms with Crippen molar-refractivity contribution >= 4 is 17.8 Å². The highest BCUT2D eigenvalue weighted by Crippen LogP contribution is 2.23. The molecule has 1 unspecified atom stereocenters. The van der Waals surface area contributed by atoms with Crippen LogP contribution in [-0.2, 0) is 9.59 Å². The van der Waals surface area contributed by atoms with Gasteiger partial charge in [-0.15, -0.1) is 0 Å². The van der Waals surface area contributed by atoms with Crippen LogP contribution in [0.2, 0.25) is 0 Å². The molecule has 1 aliphatic carbocycles. The maximum atomic E-state index is 11.5. The van der Waals surface area contributed by atoms with Crippen LogP contribution in [0.3, 0.4) is 0 Å². The van der Waals surface area contributed by atoms with Gasteiger partial charge in [-0.3, -0.25) is 9.59 Å². The highest BCUT2D eigenvalue weighted by Gasteiger charge is 2.17. The van der Waals surface area contributed by atoms with Gasteiger partial charge in [0.1, 0.15) is 0 Å². The lowest BCUT2D eigenvalue weighted by Crippen LogP contribution is -2.06. The second-order valence-corrected chi connectivity index (χ2v) is 4.67. The molecule has 0 aromatic heterocycles. The summed E-state index contributed by atoms with van der Waals surface area (Å²) in [6, 6.07) is 7.36. The van der Waals surface area contributed by atoms with E-state index in [4.69, 9.17) is 5.11 Å². The van der Waals surface area contributed by atoms with Crippen molar-refractivity contribution in [3.05, 3.63) is 41.0 Å².